The molecule has 0 aliphatic carbocycles. The number of hydrogen-bond donors (Lipinski definition) is 0. The number of hydrogen-bond acceptors (Lipinski definition) is 2. The number of rotatable bonds is 2. The topological polar surface area (TPSA) is 34.1 Å². The fraction of sp³-hybridized carbons (Fsp3) is 0.333. The number of benzene rings is 1. The molecule has 0 saturated heterocycles. The molecule has 0 unspecified atom stereocenters. The van der Waals surface area contributed by atoms with Crippen molar-refractivity contribution < 1.29 is 17.2 Å². The summed E-state index contributed by atoms with van der Waals surface area (Å²) in [5.74, 6) is 2.10. The average Bonchev–Trinajstić information content (AvgIpc) is 2.15. The monoisotopic (exact) mass is 258 g/mol. The van der Waals surface area contributed by atoms with Crippen LogP contribution in [0.5, 0.6) is 0 Å². The number of sulfone groups is 1. The van der Waals surface area contributed by atoms with E-state index in [2.05, 4.69) is 11.8 Å². The fourth-order valence-electron chi connectivity index (χ4n) is 1.09. The van der Waals surface area contributed by atoms with Crippen LogP contribution >= 0.6 is 0 Å². The molecule has 0 fully saturated rings. The van der Waals surface area contributed by atoms with E-state index in [1.54, 1.807) is 0 Å². The van der Waals surface area contributed by atoms with Gasteiger partial charge in [-0.3, -0.25) is 0 Å². The molecule has 0 N–H and O–H groups in total. The molecule has 0 aliphatic heterocycles. The summed E-state index contributed by atoms with van der Waals surface area (Å²) in [7, 11) is -3.23. The highest BCUT2D eigenvalue weighted by Crippen LogP contribution is 2.15. The molecule has 92 valence electrons. The molecule has 0 amide bonds. The zero-order valence-electron chi connectivity index (χ0n) is 9.50. The zero-order chi connectivity index (χ0) is 13.1. The first-order valence-corrected chi connectivity index (χ1v) is 6.74. The zero-order valence-corrected chi connectivity index (χ0v) is 10.3. The van der Waals surface area contributed by atoms with Crippen LogP contribution in [0.3, 0.4) is 0 Å². The summed E-state index contributed by atoms with van der Waals surface area (Å²) in [5, 5.41) is 0. The van der Waals surface area contributed by atoms with E-state index in [0.29, 0.717) is 5.56 Å². The molecule has 0 spiro atoms. The Kier molecular flexibility index (Phi) is 3.89. The second-order valence-corrected chi connectivity index (χ2v) is 5.86. The minimum atomic E-state index is -3.23. The second kappa shape index (κ2) is 4.84. The highest BCUT2D eigenvalue weighted by molar-refractivity contribution is 7.90. The maximum absolute atomic E-state index is 12.5. The van der Waals surface area contributed by atoms with E-state index in [0.717, 1.165) is 13.2 Å². The van der Waals surface area contributed by atoms with E-state index in [1.807, 2.05) is 0 Å². The summed E-state index contributed by atoms with van der Waals surface area (Å²) in [6.07, 6.45) is 0.589. The molecule has 1 aromatic carbocycles. The molecule has 0 atom stereocenters. The Balaban J connectivity index is 2.83. The molecule has 0 aromatic heterocycles. The van der Waals surface area contributed by atoms with Crippen molar-refractivity contribution in [1.82, 2.24) is 0 Å². The predicted molar refractivity (Wildman–Crippen MR) is 61.7 cm³/mol. The van der Waals surface area contributed by atoms with Crippen molar-refractivity contribution in [2.75, 3.05) is 6.26 Å². The molecule has 0 radical (unpaired) electrons. The summed E-state index contributed by atoms with van der Waals surface area (Å²) in [4.78, 5) is 0.184. The maximum atomic E-state index is 12.5. The van der Waals surface area contributed by atoms with Crippen LogP contribution in [0.15, 0.2) is 29.2 Å². The van der Waals surface area contributed by atoms with Gasteiger partial charge in [-0.25, -0.2) is 17.2 Å². The Hall–Kier alpha value is -1.41. The van der Waals surface area contributed by atoms with Gasteiger partial charge in [-0.05, 0) is 24.3 Å². The Morgan fingerprint density at radius 2 is 1.76 bits per heavy atom. The van der Waals surface area contributed by atoms with Crippen LogP contribution in [0.4, 0.5) is 8.78 Å². The van der Waals surface area contributed by atoms with Gasteiger partial charge >= 0.3 is 0 Å². The van der Waals surface area contributed by atoms with Gasteiger partial charge < -0.3 is 0 Å². The van der Waals surface area contributed by atoms with Crippen molar-refractivity contribution in [3.63, 3.8) is 0 Å². The van der Waals surface area contributed by atoms with Crippen LogP contribution in [0.1, 0.15) is 18.9 Å². The lowest BCUT2D eigenvalue weighted by atomic mass is 10.2. The standard InChI is InChI=1S/C12H12F2O2S/c1-12(13,14)9-3-4-10-5-7-11(8-6-10)17(2,15)16/h5-8H,9H2,1-2H3. The molecular formula is C12H12F2O2S. The first-order chi connectivity index (χ1) is 7.68. The summed E-state index contributed by atoms with van der Waals surface area (Å²) in [6.45, 7) is 0.800. The van der Waals surface area contributed by atoms with Crippen molar-refractivity contribution in [1.29, 1.82) is 0 Å². The van der Waals surface area contributed by atoms with Gasteiger partial charge in [-0.2, -0.15) is 0 Å². The van der Waals surface area contributed by atoms with Crippen LogP contribution in [0.2, 0.25) is 0 Å². The van der Waals surface area contributed by atoms with Crippen LogP contribution in [-0.4, -0.2) is 20.6 Å². The first kappa shape index (κ1) is 13.7. The van der Waals surface area contributed by atoms with Gasteiger partial charge in [-0.15, -0.1) is 0 Å². The Labute approximate surface area is 99.6 Å². The Morgan fingerprint density at radius 1 is 1.24 bits per heavy atom. The maximum Gasteiger partial charge on any atom is 0.256 e. The van der Waals surface area contributed by atoms with Gasteiger partial charge in [0, 0.05) is 18.7 Å². The van der Waals surface area contributed by atoms with E-state index >= 15 is 0 Å². The van der Waals surface area contributed by atoms with Gasteiger partial charge in [0.1, 0.15) is 0 Å². The lowest BCUT2D eigenvalue weighted by Gasteiger charge is -2.02. The van der Waals surface area contributed by atoms with E-state index in [9.17, 15) is 17.2 Å². The van der Waals surface area contributed by atoms with Gasteiger partial charge in [0.2, 0.25) is 0 Å². The third kappa shape index (κ3) is 4.96. The molecule has 0 heterocycles. The highest BCUT2D eigenvalue weighted by Gasteiger charge is 2.18. The molecule has 2 nitrogen and oxygen atoms in total. The van der Waals surface area contributed by atoms with Crippen molar-refractivity contribution >= 4 is 9.84 Å². The van der Waals surface area contributed by atoms with Crippen LogP contribution in [0, 0.1) is 11.8 Å². The molecule has 5 heteroatoms. The summed E-state index contributed by atoms with van der Waals surface area (Å²) in [5.41, 5.74) is 0.515. The number of alkyl halides is 2. The third-order valence-electron chi connectivity index (χ3n) is 1.91. The van der Waals surface area contributed by atoms with Gasteiger partial charge in [0.25, 0.3) is 5.92 Å². The normalized spacial score (nSPS) is 11.8. The molecule has 1 rings (SSSR count). The predicted octanol–water partition coefficient (Wildman–Crippen LogP) is 2.49. The fourth-order valence-corrected chi connectivity index (χ4v) is 1.72. The van der Waals surface area contributed by atoms with Crippen LogP contribution in [0.25, 0.3) is 0 Å². The minimum Gasteiger partial charge on any atom is -0.224 e. The van der Waals surface area contributed by atoms with E-state index in [1.165, 1.54) is 24.3 Å². The lowest BCUT2D eigenvalue weighted by Crippen LogP contribution is -2.06. The quantitative estimate of drug-likeness (QED) is 0.764. The van der Waals surface area contributed by atoms with Crippen molar-refractivity contribution in [3.8, 4) is 11.8 Å². The summed E-state index contributed by atoms with van der Waals surface area (Å²) >= 11 is 0. The van der Waals surface area contributed by atoms with Gasteiger partial charge in [-0.1, -0.05) is 11.8 Å². The Bertz CT molecular complexity index is 543. The molecular weight excluding hydrogens is 246 g/mol. The molecule has 0 bridgehead atoms. The van der Waals surface area contributed by atoms with Crippen molar-refractivity contribution in [2.24, 2.45) is 0 Å². The van der Waals surface area contributed by atoms with E-state index < -0.39 is 22.2 Å². The van der Waals surface area contributed by atoms with Gasteiger partial charge in [0.15, 0.2) is 9.84 Å². The molecule has 1 aromatic rings. The van der Waals surface area contributed by atoms with Crippen LogP contribution < -0.4 is 0 Å². The van der Waals surface area contributed by atoms with Crippen LogP contribution in [-0.2, 0) is 9.84 Å². The van der Waals surface area contributed by atoms with Gasteiger partial charge in [0.05, 0.1) is 11.3 Å². The first-order valence-electron chi connectivity index (χ1n) is 4.85. The molecule has 0 saturated carbocycles. The summed E-state index contributed by atoms with van der Waals surface area (Å²) in [6, 6.07) is 5.81. The third-order valence-corrected chi connectivity index (χ3v) is 3.04. The van der Waals surface area contributed by atoms with Crippen molar-refractivity contribution in [3.05, 3.63) is 29.8 Å². The molecule has 17 heavy (non-hydrogen) atoms. The van der Waals surface area contributed by atoms with Crippen molar-refractivity contribution in [2.45, 2.75) is 24.2 Å². The minimum absolute atomic E-state index is 0.184. The van der Waals surface area contributed by atoms with E-state index in [4.69, 9.17) is 0 Å². The second-order valence-electron chi connectivity index (χ2n) is 3.85. The Morgan fingerprint density at radius 3 is 2.18 bits per heavy atom. The summed E-state index contributed by atoms with van der Waals surface area (Å²) < 4.78 is 47.2. The SMILES string of the molecule is CC(F)(F)CC#Cc1ccc(S(C)(=O)=O)cc1. The van der Waals surface area contributed by atoms with E-state index in [-0.39, 0.29) is 4.90 Å². The molecule has 0 aliphatic rings. The number of halogens is 2. The lowest BCUT2D eigenvalue weighted by molar-refractivity contribution is 0.0278. The average molecular weight is 258 g/mol. The smallest absolute Gasteiger partial charge is 0.224 e. The largest absolute Gasteiger partial charge is 0.256 e. The highest BCUT2D eigenvalue weighted by atomic mass is 32.2.